The van der Waals surface area contributed by atoms with Gasteiger partial charge in [-0.1, -0.05) is 0 Å². The quantitative estimate of drug-likeness (QED) is 0.420. The van der Waals surface area contributed by atoms with Crippen molar-refractivity contribution in [1.82, 2.24) is 0 Å². The van der Waals surface area contributed by atoms with Crippen LogP contribution in [0.1, 0.15) is 0 Å². The molecular weight excluding hydrogens is 188 g/mol. The lowest BCUT2D eigenvalue weighted by Gasteiger charge is -2.12. The van der Waals surface area contributed by atoms with Crippen LogP contribution in [0.5, 0.6) is 0 Å². The third-order valence-electron chi connectivity index (χ3n) is 1.44. The van der Waals surface area contributed by atoms with Gasteiger partial charge in [0.1, 0.15) is 5.38 Å². The highest BCUT2D eigenvalue weighted by Gasteiger charge is 2.38. The zero-order valence-corrected chi connectivity index (χ0v) is 6.65. The summed E-state index contributed by atoms with van der Waals surface area (Å²) in [4.78, 5) is 10.6. The molecule has 0 spiro atoms. The number of esters is 1. The first kappa shape index (κ1) is 9.15. The van der Waals surface area contributed by atoms with E-state index in [4.69, 9.17) is 26.9 Å². The SMILES string of the molecule is O=C1O[C@H]([C@@H](Cl)CO)C(O)=C1O. The van der Waals surface area contributed by atoms with Crippen LogP contribution in [0.2, 0.25) is 0 Å². The van der Waals surface area contributed by atoms with Crippen molar-refractivity contribution in [2.24, 2.45) is 0 Å². The smallest absolute Gasteiger partial charge is 0.377 e. The molecule has 3 N–H and O–H groups in total. The number of carbonyl (C=O) groups is 1. The van der Waals surface area contributed by atoms with Gasteiger partial charge in [-0.2, -0.15) is 0 Å². The first-order chi connectivity index (χ1) is 5.57. The maximum absolute atomic E-state index is 10.6. The standard InChI is InChI=1S/C6H7ClO5/c7-2(1-8)5-3(9)4(10)6(11)12-5/h2,5,8-10H,1H2/t2-,5+/m0/s1. The number of rotatable bonds is 2. The molecule has 0 saturated heterocycles. The van der Waals surface area contributed by atoms with Crippen molar-refractivity contribution in [1.29, 1.82) is 0 Å². The van der Waals surface area contributed by atoms with Gasteiger partial charge in [-0.3, -0.25) is 0 Å². The first-order valence-corrected chi connectivity index (χ1v) is 3.59. The summed E-state index contributed by atoms with van der Waals surface area (Å²) in [6, 6.07) is 0. The van der Waals surface area contributed by atoms with Crippen LogP contribution in [-0.2, 0) is 9.53 Å². The molecule has 0 aromatic rings. The monoisotopic (exact) mass is 194 g/mol. The molecule has 6 heteroatoms. The number of ether oxygens (including phenoxy) is 1. The van der Waals surface area contributed by atoms with Crippen molar-refractivity contribution in [3.8, 4) is 0 Å². The predicted molar refractivity (Wildman–Crippen MR) is 38.9 cm³/mol. The number of carbonyl (C=O) groups excluding carboxylic acids is 1. The van der Waals surface area contributed by atoms with E-state index in [2.05, 4.69) is 4.74 Å². The molecule has 5 nitrogen and oxygen atoms in total. The lowest BCUT2D eigenvalue weighted by molar-refractivity contribution is -0.142. The van der Waals surface area contributed by atoms with Gasteiger partial charge in [0.05, 0.1) is 6.61 Å². The van der Waals surface area contributed by atoms with Crippen LogP contribution in [0.4, 0.5) is 0 Å². The van der Waals surface area contributed by atoms with Crippen LogP contribution in [0.3, 0.4) is 0 Å². The first-order valence-electron chi connectivity index (χ1n) is 3.16. The number of cyclic esters (lactones) is 1. The van der Waals surface area contributed by atoms with E-state index in [9.17, 15) is 4.79 Å². The van der Waals surface area contributed by atoms with Crippen LogP contribution in [0.25, 0.3) is 0 Å². The number of halogens is 1. The van der Waals surface area contributed by atoms with E-state index in [-0.39, 0.29) is 0 Å². The second-order valence-corrected chi connectivity index (χ2v) is 2.82. The Morgan fingerprint density at radius 1 is 1.58 bits per heavy atom. The van der Waals surface area contributed by atoms with Crippen molar-refractivity contribution in [2.45, 2.75) is 11.5 Å². The average molecular weight is 195 g/mol. The molecule has 1 aliphatic rings. The van der Waals surface area contributed by atoms with E-state index in [0.29, 0.717) is 0 Å². The highest BCUT2D eigenvalue weighted by atomic mass is 35.5. The van der Waals surface area contributed by atoms with Crippen LogP contribution in [0.15, 0.2) is 11.5 Å². The van der Waals surface area contributed by atoms with Crippen molar-refractivity contribution in [2.75, 3.05) is 6.61 Å². The van der Waals surface area contributed by atoms with Gasteiger partial charge in [0.25, 0.3) is 0 Å². The zero-order valence-electron chi connectivity index (χ0n) is 5.90. The largest absolute Gasteiger partial charge is 0.505 e. The van der Waals surface area contributed by atoms with Gasteiger partial charge in [0.15, 0.2) is 11.9 Å². The summed E-state index contributed by atoms with van der Waals surface area (Å²) < 4.78 is 4.43. The van der Waals surface area contributed by atoms with E-state index in [0.717, 1.165) is 0 Å². The van der Waals surface area contributed by atoms with E-state index in [1.54, 1.807) is 0 Å². The third-order valence-corrected chi connectivity index (χ3v) is 1.81. The maximum atomic E-state index is 10.6. The van der Waals surface area contributed by atoms with Gasteiger partial charge < -0.3 is 20.1 Å². The van der Waals surface area contributed by atoms with Gasteiger partial charge in [0.2, 0.25) is 5.76 Å². The summed E-state index contributed by atoms with van der Waals surface area (Å²) in [6.45, 7) is -0.461. The number of aliphatic hydroxyl groups excluding tert-OH is 3. The molecular formula is C6H7ClO5. The topological polar surface area (TPSA) is 87.0 Å². The van der Waals surface area contributed by atoms with Crippen LogP contribution in [-0.4, -0.2) is 39.4 Å². The molecule has 1 heterocycles. The Balaban J connectivity index is 2.80. The normalized spacial score (nSPS) is 25.8. The van der Waals surface area contributed by atoms with E-state index >= 15 is 0 Å². The van der Waals surface area contributed by atoms with E-state index in [1.165, 1.54) is 0 Å². The van der Waals surface area contributed by atoms with Gasteiger partial charge >= 0.3 is 5.97 Å². The molecule has 0 fully saturated rings. The van der Waals surface area contributed by atoms with E-state index in [1.807, 2.05) is 0 Å². The molecule has 0 radical (unpaired) electrons. The number of hydrogen-bond acceptors (Lipinski definition) is 5. The Morgan fingerprint density at radius 2 is 2.17 bits per heavy atom. The molecule has 0 bridgehead atoms. The number of hydrogen-bond donors (Lipinski definition) is 3. The van der Waals surface area contributed by atoms with Crippen molar-refractivity contribution >= 4 is 17.6 Å². The summed E-state index contributed by atoms with van der Waals surface area (Å²) in [6.07, 6.45) is -1.15. The Labute approximate surface area is 72.8 Å². The van der Waals surface area contributed by atoms with E-state index < -0.39 is 35.6 Å². The number of alkyl halides is 1. The second-order valence-electron chi connectivity index (χ2n) is 2.26. The highest BCUT2D eigenvalue weighted by molar-refractivity contribution is 6.21. The molecule has 68 valence electrons. The maximum Gasteiger partial charge on any atom is 0.377 e. The number of aliphatic hydroxyl groups is 3. The highest BCUT2D eigenvalue weighted by Crippen LogP contribution is 2.23. The molecule has 0 aromatic heterocycles. The minimum absolute atomic E-state index is 0.461. The molecule has 0 unspecified atom stereocenters. The summed E-state index contributed by atoms with van der Waals surface area (Å²) in [5.74, 6) is -2.51. The molecule has 12 heavy (non-hydrogen) atoms. The lowest BCUT2D eigenvalue weighted by Crippen LogP contribution is -2.27. The summed E-state index contributed by atoms with van der Waals surface area (Å²) in [5, 5.41) is 25.4. The van der Waals surface area contributed by atoms with Gasteiger partial charge in [-0.25, -0.2) is 4.79 Å². The minimum Gasteiger partial charge on any atom is -0.505 e. The summed E-state index contributed by atoms with van der Waals surface area (Å²) in [7, 11) is 0. The molecule has 0 aromatic carbocycles. The Kier molecular flexibility index (Phi) is 2.44. The van der Waals surface area contributed by atoms with Crippen molar-refractivity contribution < 1.29 is 24.9 Å². The Morgan fingerprint density at radius 3 is 2.50 bits per heavy atom. The van der Waals surface area contributed by atoms with Gasteiger partial charge in [0, 0.05) is 0 Å². The average Bonchev–Trinajstić information content (AvgIpc) is 2.32. The van der Waals surface area contributed by atoms with Crippen LogP contribution < -0.4 is 0 Å². The van der Waals surface area contributed by atoms with Gasteiger partial charge in [-0.05, 0) is 0 Å². The lowest BCUT2D eigenvalue weighted by atomic mass is 10.2. The molecule has 1 aliphatic heterocycles. The predicted octanol–water partition coefficient (Wildman–Crippen LogP) is -0.161. The Bertz CT molecular complexity index is 236. The van der Waals surface area contributed by atoms with Crippen molar-refractivity contribution in [3.63, 3.8) is 0 Å². The Hall–Kier alpha value is -0.940. The minimum atomic E-state index is -1.15. The fraction of sp³-hybridized carbons (Fsp3) is 0.500. The van der Waals surface area contributed by atoms with Gasteiger partial charge in [-0.15, -0.1) is 11.6 Å². The summed E-state index contributed by atoms with van der Waals surface area (Å²) >= 11 is 5.46. The summed E-state index contributed by atoms with van der Waals surface area (Å²) in [5.41, 5.74) is 0. The molecule has 0 amide bonds. The fourth-order valence-corrected chi connectivity index (χ4v) is 0.978. The second kappa shape index (κ2) is 3.20. The third kappa shape index (κ3) is 1.33. The van der Waals surface area contributed by atoms with Crippen LogP contribution in [0, 0.1) is 0 Å². The molecule has 2 atom stereocenters. The zero-order chi connectivity index (χ0) is 9.30. The van der Waals surface area contributed by atoms with Crippen molar-refractivity contribution in [3.05, 3.63) is 11.5 Å². The van der Waals surface area contributed by atoms with Crippen LogP contribution >= 0.6 is 11.6 Å². The fourth-order valence-electron chi connectivity index (χ4n) is 0.807. The molecule has 0 aliphatic carbocycles. The molecule has 0 saturated carbocycles. The molecule has 1 rings (SSSR count).